The van der Waals surface area contributed by atoms with Crippen molar-refractivity contribution in [3.8, 4) is 5.75 Å². The molecule has 4 aromatic carbocycles. The van der Waals surface area contributed by atoms with E-state index in [0.29, 0.717) is 38.7 Å². The number of nitrogens with one attached hydrogen (secondary N) is 1. The van der Waals surface area contributed by atoms with Crippen LogP contribution in [-0.2, 0) is 24.6 Å². The standard InChI is InChI=1S/C40H32ClFIN3O5/c1-20-17-22(18-21(2)35(20)47)34-29-15-16-30-33(38(50)45(36(30)48)28-13-9-26(43)10-14-28)31(29)19-32-37(49)46(44-27-11-7-25(42)8-12-27)39(51)40(32,34)23-3-5-24(41)6-4-23/h3-15,17-18,30-34,44,47H,16,19H2,1-2H3. The van der Waals surface area contributed by atoms with Gasteiger partial charge in [0, 0.05) is 14.5 Å². The summed E-state index contributed by atoms with van der Waals surface area (Å²) < 4.78 is 14.8. The Labute approximate surface area is 312 Å². The van der Waals surface area contributed by atoms with E-state index in [1.165, 1.54) is 29.2 Å². The lowest BCUT2D eigenvalue weighted by Crippen LogP contribution is -2.53. The summed E-state index contributed by atoms with van der Waals surface area (Å²) in [5.74, 6) is -5.58. The van der Waals surface area contributed by atoms with Crippen LogP contribution in [0.15, 0.2) is 96.6 Å². The number of phenolic OH excluding ortho intramolecular Hbond substituents is 1. The number of aryl methyl sites for hydroxylation is 2. The second-order valence-corrected chi connectivity index (χ2v) is 15.5. The number of carbonyl (C=O) groups excluding carboxylic acids is 4. The molecule has 2 N–H and O–H groups in total. The molecule has 4 aliphatic rings. The van der Waals surface area contributed by atoms with Crippen molar-refractivity contribution in [1.29, 1.82) is 0 Å². The summed E-state index contributed by atoms with van der Waals surface area (Å²) in [4.78, 5) is 59.8. The highest BCUT2D eigenvalue weighted by molar-refractivity contribution is 14.1. The molecule has 51 heavy (non-hydrogen) atoms. The van der Waals surface area contributed by atoms with Gasteiger partial charge in [-0.05, 0) is 138 Å². The van der Waals surface area contributed by atoms with Gasteiger partial charge in [-0.15, -0.1) is 0 Å². The lowest BCUT2D eigenvalue weighted by molar-refractivity contribution is -0.138. The predicted octanol–water partition coefficient (Wildman–Crippen LogP) is 7.60. The topological polar surface area (TPSA) is 107 Å². The fraction of sp³-hybridized carbons (Fsp3) is 0.250. The maximum atomic E-state index is 15.3. The average molecular weight is 816 g/mol. The number of benzene rings is 4. The van der Waals surface area contributed by atoms with Crippen LogP contribution in [0.1, 0.15) is 41.0 Å². The second kappa shape index (κ2) is 12.3. The SMILES string of the molecule is Cc1cc(C2C3=CCC4C(=O)N(c5ccc(I)cc5)C(=O)C4C3CC3C(=O)N(Nc4ccc(F)cc4)C(=O)C32c2ccc(Cl)cc2)cc(C)c1O. The van der Waals surface area contributed by atoms with Crippen molar-refractivity contribution in [2.24, 2.45) is 23.7 Å². The zero-order valence-electron chi connectivity index (χ0n) is 27.6. The number of phenols is 1. The van der Waals surface area contributed by atoms with Crippen LogP contribution in [0.2, 0.25) is 5.02 Å². The summed E-state index contributed by atoms with van der Waals surface area (Å²) in [6.45, 7) is 3.57. The Morgan fingerprint density at radius 2 is 1.51 bits per heavy atom. The molecule has 1 saturated carbocycles. The summed E-state index contributed by atoms with van der Waals surface area (Å²) in [6, 6.07) is 23.2. The molecule has 4 amide bonds. The van der Waals surface area contributed by atoms with Gasteiger partial charge in [0.25, 0.3) is 11.8 Å². The monoisotopic (exact) mass is 815 g/mol. The highest BCUT2D eigenvalue weighted by Gasteiger charge is 2.70. The minimum Gasteiger partial charge on any atom is -0.507 e. The minimum atomic E-state index is -1.50. The Bertz CT molecular complexity index is 2150. The van der Waals surface area contributed by atoms with Gasteiger partial charge in [0.05, 0.1) is 34.5 Å². The van der Waals surface area contributed by atoms with Gasteiger partial charge in [-0.2, -0.15) is 5.01 Å². The molecular formula is C40H32ClFIN3O5. The summed E-state index contributed by atoms with van der Waals surface area (Å²) in [5, 5.41) is 12.3. The predicted molar refractivity (Wildman–Crippen MR) is 198 cm³/mol. The molecule has 4 aromatic rings. The Kier molecular flexibility index (Phi) is 8.10. The smallest absolute Gasteiger partial charge is 0.260 e. The van der Waals surface area contributed by atoms with Crippen LogP contribution in [-0.4, -0.2) is 33.7 Å². The second-order valence-electron chi connectivity index (χ2n) is 13.9. The summed E-state index contributed by atoms with van der Waals surface area (Å²) in [7, 11) is 0. The first-order valence-electron chi connectivity index (χ1n) is 16.7. The summed E-state index contributed by atoms with van der Waals surface area (Å²) in [5.41, 5.74) is 5.58. The van der Waals surface area contributed by atoms with E-state index in [2.05, 4.69) is 28.0 Å². The van der Waals surface area contributed by atoms with Crippen LogP contribution in [0, 0.1) is 46.9 Å². The molecule has 0 spiro atoms. The molecule has 6 unspecified atom stereocenters. The average Bonchev–Trinajstić information content (AvgIpc) is 3.49. The Hall–Kier alpha value is -4.55. The van der Waals surface area contributed by atoms with Crippen molar-refractivity contribution in [3.05, 3.63) is 133 Å². The zero-order valence-corrected chi connectivity index (χ0v) is 30.5. The van der Waals surface area contributed by atoms with Crippen LogP contribution in [0.4, 0.5) is 15.8 Å². The van der Waals surface area contributed by atoms with Gasteiger partial charge in [0.2, 0.25) is 11.8 Å². The number of allylic oxidation sites excluding steroid dienone is 2. The number of amides is 4. The van der Waals surface area contributed by atoms with E-state index in [9.17, 15) is 23.9 Å². The fourth-order valence-electron chi connectivity index (χ4n) is 9.03. The number of anilines is 2. The molecule has 2 aliphatic carbocycles. The molecule has 3 fully saturated rings. The zero-order chi connectivity index (χ0) is 35.9. The quantitative estimate of drug-likeness (QED) is 0.122. The van der Waals surface area contributed by atoms with Crippen LogP contribution >= 0.6 is 34.2 Å². The van der Waals surface area contributed by atoms with E-state index in [4.69, 9.17) is 11.6 Å². The molecule has 6 atom stereocenters. The molecule has 11 heteroatoms. The van der Waals surface area contributed by atoms with Crippen molar-refractivity contribution >= 4 is 69.2 Å². The van der Waals surface area contributed by atoms with Crippen molar-refractivity contribution < 1.29 is 28.7 Å². The number of hydrogen-bond donors (Lipinski definition) is 2. The van der Waals surface area contributed by atoms with E-state index < -0.39 is 52.6 Å². The van der Waals surface area contributed by atoms with Gasteiger partial charge in [-0.1, -0.05) is 47.5 Å². The van der Waals surface area contributed by atoms with E-state index in [1.54, 1.807) is 50.2 Å². The molecule has 8 nitrogen and oxygen atoms in total. The molecule has 0 aromatic heterocycles. The van der Waals surface area contributed by atoms with Crippen molar-refractivity contribution in [2.45, 2.75) is 38.0 Å². The van der Waals surface area contributed by atoms with E-state index in [0.717, 1.165) is 14.2 Å². The largest absolute Gasteiger partial charge is 0.507 e. The maximum absolute atomic E-state index is 15.3. The van der Waals surface area contributed by atoms with Gasteiger partial charge in [-0.3, -0.25) is 29.5 Å². The van der Waals surface area contributed by atoms with E-state index in [1.807, 2.05) is 30.3 Å². The first-order valence-corrected chi connectivity index (χ1v) is 18.2. The van der Waals surface area contributed by atoms with Gasteiger partial charge in [0.1, 0.15) is 11.6 Å². The van der Waals surface area contributed by atoms with Crippen LogP contribution in [0.25, 0.3) is 0 Å². The third-order valence-corrected chi connectivity index (χ3v) is 12.2. The van der Waals surface area contributed by atoms with Gasteiger partial charge in [-0.25, -0.2) is 4.39 Å². The number of imide groups is 2. The van der Waals surface area contributed by atoms with Crippen LogP contribution < -0.4 is 10.3 Å². The molecule has 0 bridgehead atoms. The summed E-state index contributed by atoms with van der Waals surface area (Å²) >= 11 is 8.54. The molecule has 8 rings (SSSR count). The third kappa shape index (κ3) is 5.04. The fourth-order valence-corrected chi connectivity index (χ4v) is 9.52. The number of hydrogen-bond acceptors (Lipinski definition) is 6. The first-order chi connectivity index (χ1) is 24.4. The van der Waals surface area contributed by atoms with Crippen molar-refractivity contribution in [3.63, 3.8) is 0 Å². The van der Waals surface area contributed by atoms with Crippen molar-refractivity contribution in [2.75, 3.05) is 10.3 Å². The Balaban J connectivity index is 1.34. The van der Waals surface area contributed by atoms with Gasteiger partial charge in [0.15, 0.2) is 0 Å². The Morgan fingerprint density at radius 3 is 2.16 bits per heavy atom. The van der Waals surface area contributed by atoms with Crippen molar-refractivity contribution in [1.82, 2.24) is 5.01 Å². The number of fused-ring (bicyclic) bond motifs is 4. The highest BCUT2D eigenvalue weighted by atomic mass is 127. The normalized spacial score (nSPS) is 26.9. The molecular weight excluding hydrogens is 784 g/mol. The highest BCUT2D eigenvalue weighted by Crippen LogP contribution is 2.64. The van der Waals surface area contributed by atoms with Gasteiger partial charge < -0.3 is 5.11 Å². The number of nitrogens with zero attached hydrogens (tertiary/aromatic N) is 2. The van der Waals surface area contributed by atoms with E-state index >= 15 is 4.79 Å². The van der Waals surface area contributed by atoms with Crippen LogP contribution in [0.5, 0.6) is 5.75 Å². The molecule has 258 valence electrons. The number of rotatable bonds is 5. The third-order valence-electron chi connectivity index (χ3n) is 11.2. The lowest BCUT2D eigenvalue weighted by Gasteiger charge is -2.50. The molecule has 2 aliphatic heterocycles. The minimum absolute atomic E-state index is 0.124. The molecule has 0 radical (unpaired) electrons. The number of halogens is 3. The maximum Gasteiger partial charge on any atom is 0.260 e. The summed E-state index contributed by atoms with van der Waals surface area (Å²) in [6.07, 6.45) is 2.42. The Morgan fingerprint density at radius 1 is 0.863 bits per heavy atom. The number of hydrazine groups is 1. The first kappa shape index (κ1) is 33.6. The van der Waals surface area contributed by atoms with Crippen LogP contribution in [0.3, 0.4) is 0 Å². The molecule has 2 heterocycles. The molecule has 2 saturated heterocycles. The number of carbonyl (C=O) groups is 4. The lowest BCUT2D eigenvalue weighted by atomic mass is 9.49. The van der Waals surface area contributed by atoms with E-state index in [-0.39, 0.29) is 30.4 Å². The van der Waals surface area contributed by atoms with Gasteiger partial charge >= 0.3 is 0 Å². The number of aromatic hydroxyl groups is 1.